The van der Waals surface area contributed by atoms with Gasteiger partial charge in [0.15, 0.2) is 0 Å². The number of hydrogen-bond donors (Lipinski definition) is 4. The highest BCUT2D eigenvalue weighted by Gasteiger charge is 2.20. The van der Waals surface area contributed by atoms with Crippen molar-refractivity contribution in [3.63, 3.8) is 0 Å². The maximum atomic E-state index is 12.4. The van der Waals surface area contributed by atoms with Crippen LogP contribution in [0.5, 0.6) is 0 Å². The van der Waals surface area contributed by atoms with Crippen LogP contribution in [0.1, 0.15) is 35.1 Å². The summed E-state index contributed by atoms with van der Waals surface area (Å²) in [5.41, 5.74) is 9.39. The van der Waals surface area contributed by atoms with E-state index in [0.717, 1.165) is 22.3 Å². The maximum Gasteiger partial charge on any atom is 0.312 e. The zero-order valence-corrected chi connectivity index (χ0v) is 16.8. The van der Waals surface area contributed by atoms with E-state index >= 15 is 0 Å². The number of carbonyl (C=O) groups is 3. The Bertz CT molecular complexity index is 832. The van der Waals surface area contributed by atoms with E-state index in [2.05, 4.69) is 16.0 Å². The van der Waals surface area contributed by atoms with Crippen LogP contribution in [0.2, 0.25) is 0 Å². The Balaban J connectivity index is 1.82. The molecule has 0 aliphatic rings. The molecule has 0 radical (unpaired) electrons. The van der Waals surface area contributed by atoms with E-state index in [1.165, 1.54) is 0 Å². The molecule has 0 aliphatic carbocycles. The van der Waals surface area contributed by atoms with Gasteiger partial charge < -0.3 is 21.7 Å². The van der Waals surface area contributed by atoms with E-state index in [0.29, 0.717) is 13.1 Å². The van der Waals surface area contributed by atoms with Crippen molar-refractivity contribution in [2.75, 3.05) is 0 Å². The molecular weight excluding hydrogens is 368 g/mol. The van der Waals surface area contributed by atoms with Crippen molar-refractivity contribution in [1.82, 2.24) is 16.0 Å². The standard InChI is InChI=1S/C22H28N4O3/c1-15-3-7-17(8-4-15)13-24-20(27)12-11-19(26-22(23)29)21(28)25-14-18-9-5-16(2)6-10-18/h3-10,19H,11-14H2,1-2H3,(H,24,27)(H,25,28)(H3,23,26,29). The Kier molecular flexibility index (Phi) is 8.21. The number of hydrogen-bond acceptors (Lipinski definition) is 3. The van der Waals surface area contributed by atoms with Crippen LogP contribution in [-0.4, -0.2) is 23.9 Å². The Morgan fingerprint density at radius 3 is 1.79 bits per heavy atom. The molecule has 0 spiro atoms. The highest BCUT2D eigenvalue weighted by molar-refractivity contribution is 5.87. The van der Waals surface area contributed by atoms with Crippen molar-refractivity contribution >= 4 is 17.8 Å². The van der Waals surface area contributed by atoms with Crippen molar-refractivity contribution in [3.8, 4) is 0 Å². The summed E-state index contributed by atoms with van der Waals surface area (Å²) in [6.45, 7) is 4.72. The van der Waals surface area contributed by atoms with Crippen molar-refractivity contribution < 1.29 is 14.4 Å². The third-order valence-electron chi connectivity index (χ3n) is 4.49. The smallest absolute Gasteiger partial charge is 0.312 e. The van der Waals surface area contributed by atoms with Gasteiger partial charge in [0.25, 0.3) is 0 Å². The van der Waals surface area contributed by atoms with Crippen LogP contribution in [0.3, 0.4) is 0 Å². The predicted molar refractivity (Wildman–Crippen MR) is 112 cm³/mol. The molecule has 0 aromatic heterocycles. The minimum absolute atomic E-state index is 0.0920. The molecule has 2 rings (SSSR count). The lowest BCUT2D eigenvalue weighted by Crippen LogP contribution is -2.48. The zero-order valence-electron chi connectivity index (χ0n) is 16.8. The minimum atomic E-state index is -0.872. The number of primary amides is 1. The van der Waals surface area contributed by atoms with Crippen molar-refractivity contribution in [1.29, 1.82) is 0 Å². The molecule has 0 bridgehead atoms. The number of urea groups is 1. The maximum absolute atomic E-state index is 12.4. The lowest BCUT2D eigenvalue weighted by atomic mass is 10.1. The van der Waals surface area contributed by atoms with Gasteiger partial charge in [0.2, 0.25) is 11.8 Å². The molecule has 29 heavy (non-hydrogen) atoms. The van der Waals surface area contributed by atoms with E-state index in [-0.39, 0.29) is 24.7 Å². The first-order valence-corrected chi connectivity index (χ1v) is 9.55. The van der Waals surface area contributed by atoms with E-state index in [4.69, 9.17) is 5.73 Å². The molecule has 1 unspecified atom stereocenters. The quantitative estimate of drug-likeness (QED) is 0.520. The van der Waals surface area contributed by atoms with Gasteiger partial charge in [0, 0.05) is 19.5 Å². The van der Waals surface area contributed by atoms with Crippen molar-refractivity contribution in [2.45, 2.75) is 45.8 Å². The summed E-state index contributed by atoms with van der Waals surface area (Å²) in [4.78, 5) is 35.8. The molecular formula is C22H28N4O3. The largest absolute Gasteiger partial charge is 0.352 e. The summed E-state index contributed by atoms with van der Waals surface area (Å²) in [5, 5.41) is 7.99. The first kappa shape index (κ1) is 21.9. The SMILES string of the molecule is Cc1ccc(CNC(=O)CCC(NC(N)=O)C(=O)NCc2ccc(C)cc2)cc1. The predicted octanol–water partition coefficient (Wildman–Crippen LogP) is 2.05. The van der Waals surface area contributed by atoms with Gasteiger partial charge in [-0.25, -0.2) is 4.79 Å². The molecule has 5 N–H and O–H groups in total. The van der Waals surface area contributed by atoms with Gasteiger partial charge in [-0.1, -0.05) is 59.7 Å². The number of nitrogens with two attached hydrogens (primary N) is 1. The molecule has 0 aliphatic heterocycles. The molecule has 0 saturated heterocycles. The lowest BCUT2D eigenvalue weighted by Gasteiger charge is -2.17. The first-order valence-electron chi connectivity index (χ1n) is 9.55. The highest BCUT2D eigenvalue weighted by Crippen LogP contribution is 2.05. The summed E-state index contributed by atoms with van der Waals surface area (Å²) < 4.78 is 0. The van der Waals surface area contributed by atoms with Gasteiger partial charge in [-0.2, -0.15) is 0 Å². The minimum Gasteiger partial charge on any atom is -0.352 e. The van der Waals surface area contributed by atoms with Gasteiger partial charge in [0.1, 0.15) is 6.04 Å². The first-order chi connectivity index (χ1) is 13.8. The van der Waals surface area contributed by atoms with E-state index < -0.39 is 12.1 Å². The van der Waals surface area contributed by atoms with Crippen LogP contribution in [0.15, 0.2) is 48.5 Å². The Morgan fingerprint density at radius 1 is 0.828 bits per heavy atom. The van der Waals surface area contributed by atoms with Crippen LogP contribution < -0.4 is 21.7 Å². The number of rotatable bonds is 9. The monoisotopic (exact) mass is 396 g/mol. The second kappa shape index (κ2) is 10.8. The molecule has 7 nitrogen and oxygen atoms in total. The Labute approximate surface area is 171 Å². The summed E-state index contributed by atoms with van der Waals surface area (Å²) >= 11 is 0. The fraction of sp³-hybridized carbons (Fsp3) is 0.318. The van der Waals surface area contributed by atoms with Crippen LogP contribution in [0.25, 0.3) is 0 Å². The molecule has 4 amide bonds. The van der Waals surface area contributed by atoms with Crippen LogP contribution >= 0.6 is 0 Å². The van der Waals surface area contributed by atoms with Gasteiger partial charge in [0.05, 0.1) is 0 Å². The highest BCUT2D eigenvalue weighted by atomic mass is 16.2. The molecule has 2 aromatic carbocycles. The summed E-state index contributed by atoms with van der Waals surface area (Å²) in [6.07, 6.45) is 0.247. The number of nitrogens with one attached hydrogen (secondary N) is 3. The summed E-state index contributed by atoms with van der Waals surface area (Å²) in [5.74, 6) is -0.580. The Morgan fingerprint density at radius 2 is 1.31 bits per heavy atom. The van der Waals surface area contributed by atoms with Gasteiger partial charge in [-0.05, 0) is 31.4 Å². The third-order valence-corrected chi connectivity index (χ3v) is 4.49. The fourth-order valence-electron chi connectivity index (χ4n) is 2.73. The normalized spacial score (nSPS) is 11.4. The zero-order chi connectivity index (χ0) is 21.2. The van der Waals surface area contributed by atoms with E-state index in [1.807, 2.05) is 62.4 Å². The summed E-state index contributed by atoms with van der Waals surface area (Å²) in [7, 11) is 0. The molecule has 2 aromatic rings. The van der Waals surface area contributed by atoms with Crippen LogP contribution in [0, 0.1) is 13.8 Å². The van der Waals surface area contributed by atoms with E-state index in [1.54, 1.807) is 0 Å². The topological polar surface area (TPSA) is 113 Å². The number of carbonyl (C=O) groups excluding carboxylic acids is 3. The summed E-state index contributed by atoms with van der Waals surface area (Å²) in [6, 6.07) is 13.9. The average molecular weight is 396 g/mol. The number of benzene rings is 2. The fourth-order valence-corrected chi connectivity index (χ4v) is 2.73. The van der Waals surface area contributed by atoms with Crippen LogP contribution in [0.4, 0.5) is 4.79 Å². The number of aryl methyl sites for hydroxylation is 2. The lowest BCUT2D eigenvalue weighted by molar-refractivity contribution is -0.124. The van der Waals surface area contributed by atoms with Gasteiger partial charge in [-0.15, -0.1) is 0 Å². The molecule has 7 heteroatoms. The molecule has 0 fully saturated rings. The van der Waals surface area contributed by atoms with Crippen molar-refractivity contribution in [2.24, 2.45) is 5.73 Å². The van der Waals surface area contributed by atoms with Crippen molar-refractivity contribution in [3.05, 3.63) is 70.8 Å². The van der Waals surface area contributed by atoms with Gasteiger partial charge >= 0.3 is 6.03 Å². The van der Waals surface area contributed by atoms with E-state index in [9.17, 15) is 14.4 Å². The molecule has 154 valence electrons. The molecule has 0 heterocycles. The average Bonchev–Trinajstić information content (AvgIpc) is 2.69. The van der Waals surface area contributed by atoms with Crippen LogP contribution in [-0.2, 0) is 22.7 Å². The second-order valence-electron chi connectivity index (χ2n) is 7.07. The Hall–Kier alpha value is -3.35. The van der Waals surface area contributed by atoms with Gasteiger partial charge in [-0.3, -0.25) is 9.59 Å². The molecule has 1 atom stereocenters. The number of amides is 4. The third kappa shape index (κ3) is 8.04. The second-order valence-corrected chi connectivity index (χ2v) is 7.07. The molecule has 0 saturated carbocycles.